The minimum absolute atomic E-state index is 0.167. The van der Waals surface area contributed by atoms with Crippen molar-refractivity contribution in [3.8, 4) is 0 Å². The van der Waals surface area contributed by atoms with Gasteiger partial charge in [-0.15, -0.1) is 0 Å². The van der Waals surface area contributed by atoms with Crippen LogP contribution in [0.15, 0.2) is 0 Å². The lowest BCUT2D eigenvalue weighted by molar-refractivity contribution is -0.385. The summed E-state index contributed by atoms with van der Waals surface area (Å²) in [5.41, 5.74) is 8.97. The molecule has 0 aliphatic carbocycles. The van der Waals surface area contributed by atoms with Crippen LogP contribution in [0.2, 0.25) is 0 Å². The highest BCUT2D eigenvalue weighted by Gasteiger charge is 2.02. The van der Waals surface area contributed by atoms with Crippen molar-refractivity contribution in [3.05, 3.63) is 0 Å². The number of rotatable bonds is 4. The van der Waals surface area contributed by atoms with Crippen LogP contribution in [-0.2, 0) is 4.74 Å². The van der Waals surface area contributed by atoms with Gasteiger partial charge in [-0.1, -0.05) is 0 Å². The molecule has 0 aromatic carbocycles. The SMILES string of the molecule is CCOC(CN)C[NH3+]. The first-order chi connectivity index (χ1) is 3.85. The molecule has 1 unspecified atom stereocenters. The average Bonchev–Trinajstić information content (AvgIpc) is 1.83. The van der Waals surface area contributed by atoms with Gasteiger partial charge in [0.2, 0.25) is 0 Å². The molecule has 0 amide bonds. The van der Waals surface area contributed by atoms with Gasteiger partial charge in [-0.3, -0.25) is 0 Å². The van der Waals surface area contributed by atoms with Crippen LogP contribution in [0.25, 0.3) is 0 Å². The number of hydrogen-bond acceptors (Lipinski definition) is 2. The van der Waals surface area contributed by atoms with Gasteiger partial charge >= 0.3 is 0 Å². The Bertz CT molecular complexity index is 45.7. The third-order valence-electron chi connectivity index (χ3n) is 0.987. The van der Waals surface area contributed by atoms with Gasteiger partial charge in [0.1, 0.15) is 12.6 Å². The molecule has 0 rings (SSSR count). The standard InChI is InChI=1S/C5H14N2O/c1-2-8-5(3-6)4-7/h5H,2-4,6-7H2,1H3/p+1. The van der Waals surface area contributed by atoms with E-state index in [1.165, 1.54) is 0 Å². The van der Waals surface area contributed by atoms with Crippen LogP contribution >= 0.6 is 0 Å². The van der Waals surface area contributed by atoms with E-state index >= 15 is 0 Å². The molecule has 0 aliphatic rings. The van der Waals surface area contributed by atoms with Crippen LogP contribution in [0.5, 0.6) is 0 Å². The molecule has 0 saturated heterocycles. The first-order valence-corrected chi connectivity index (χ1v) is 2.96. The Kier molecular flexibility index (Phi) is 4.95. The second-order valence-electron chi connectivity index (χ2n) is 1.60. The van der Waals surface area contributed by atoms with Crippen LogP contribution < -0.4 is 11.5 Å². The number of quaternary nitrogens is 1. The molecule has 50 valence electrons. The summed E-state index contributed by atoms with van der Waals surface area (Å²) < 4.78 is 5.15. The predicted molar refractivity (Wildman–Crippen MR) is 32.2 cm³/mol. The second-order valence-corrected chi connectivity index (χ2v) is 1.60. The molecule has 0 bridgehead atoms. The second kappa shape index (κ2) is 5.03. The fraction of sp³-hybridized carbons (Fsp3) is 1.00. The molecule has 0 heterocycles. The maximum absolute atomic E-state index is 5.30. The van der Waals surface area contributed by atoms with E-state index in [9.17, 15) is 0 Å². The van der Waals surface area contributed by atoms with Crippen molar-refractivity contribution in [2.24, 2.45) is 5.73 Å². The zero-order valence-electron chi connectivity index (χ0n) is 5.39. The third kappa shape index (κ3) is 2.96. The third-order valence-corrected chi connectivity index (χ3v) is 0.987. The Morgan fingerprint density at radius 3 is 2.50 bits per heavy atom. The van der Waals surface area contributed by atoms with E-state index in [4.69, 9.17) is 10.5 Å². The highest BCUT2D eigenvalue weighted by Crippen LogP contribution is 1.82. The summed E-state index contributed by atoms with van der Waals surface area (Å²) in [7, 11) is 0. The van der Waals surface area contributed by atoms with E-state index in [0.29, 0.717) is 6.54 Å². The molecule has 5 N–H and O–H groups in total. The van der Waals surface area contributed by atoms with Gasteiger partial charge in [0.25, 0.3) is 0 Å². The van der Waals surface area contributed by atoms with E-state index in [1.54, 1.807) is 0 Å². The van der Waals surface area contributed by atoms with Gasteiger partial charge < -0.3 is 16.2 Å². The Morgan fingerprint density at radius 1 is 1.75 bits per heavy atom. The van der Waals surface area contributed by atoms with Gasteiger partial charge in [-0.2, -0.15) is 0 Å². The van der Waals surface area contributed by atoms with Crippen molar-refractivity contribution in [1.29, 1.82) is 0 Å². The predicted octanol–water partition coefficient (Wildman–Crippen LogP) is -1.41. The minimum Gasteiger partial charge on any atom is -0.371 e. The largest absolute Gasteiger partial charge is 0.371 e. The lowest BCUT2D eigenvalue weighted by atomic mass is 10.4. The molecule has 1 atom stereocenters. The van der Waals surface area contributed by atoms with Gasteiger partial charge in [-0.05, 0) is 6.92 Å². The molecule has 3 nitrogen and oxygen atoms in total. The highest BCUT2D eigenvalue weighted by atomic mass is 16.5. The summed E-state index contributed by atoms with van der Waals surface area (Å²) >= 11 is 0. The van der Waals surface area contributed by atoms with Crippen LogP contribution in [0.4, 0.5) is 0 Å². The van der Waals surface area contributed by atoms with Crippen LogP contribution in [0.1, 0.15) is 6.92 Å². The normalized spacial score (nSPS) is 13.9. The zero-order chi connectivity index (χ0) is 6.41. The van der Waals surface area contributed by atoms with Gasteiger partial charge in [-0.25, -0.2) is 0 Å². The van der Waals surface area contributed by atoms with Crippen molar-refractivity contribution in [2.45, 2.75) is 13.0 Å². The average molecular weight is 119 g/mol. The highest BCUT2D eigenvalue weighted by molar-refractivity contribution is 4.52. The van der Waals surface area contributed by atoms with E-state index < -0.39 is 0 Å². The lowest BCUT2D eigenvalue weighted by Crippen LogP contribution is -2.57. The Hall–Kier alpha value is -0.120. The Labute approximate surface area is 50.0 Å². The van der Waals surface area contributed by atoms with E-state index in [2.05, 4.69) is 5.73 Å². The molecule has 0 aliphatic heterocycles. The van der Waals surface area contributed by atoms with Gasteiger partial charge in [0.05, 0.1) is 0 Å². The maximum atomic E-state index is 5.30. The van der Waals surface area contributed by atoms with Crippen molar-refractivity contribution >= 4 is 0 Å². The molecular weight excluding hydrogens is 104 g/mol. The number of hydrogen-bond donors (Lipinski definition) is 2. The summed E-state index contributed by atoms with van der Waals surface area (Å²) in [5.74, 6) is 0. The summed E-state index contributed by atoms with van der Waals surface area (Å²) in [6.07, 6.45) is 0.167. The Morgan fingerprint density at radius 2 is 2.38 bits per heavy atom. The maximum Gasteiger partial charge on any atom is 0.118 e. The smallest absolute Gasteiger partial charge is 0.118 e. The number of nitrogens with two attached hydrogens (primary N) is 1. The topological polar surface area (TPSA) is 62.9 Å². The molecule has 0 saturated carbocycles. The molecular formula is C5H15N2O+. The van der Waals surface area contributed by atoms with Crippen molar-refractivity contribution < 1.29 is 10.5 Å². The van der Waals surface area contributed by atoms with Gasteiger partial charge in [0, 0.05) is 13.2 Å². The first-order valence-electron chi connectivity index (χ1n) is 2.96. The number of ether oxygens (including phenoxy) is 1. The molecule has 3 heteroatoms. The zero-order valence-corrected chi connectivity index (χ0v) is 5.39. The van der Waals surface area contributed by atoms with E-state index in [-0.39, 0.29) is 6.10 Å². The molecule has 0 fully saturated rings. The first kappa shape index (κ1) is 7.88. The Balaban J connectivity index is 3.07. The fourth-order valence-electron chi connectivity index (χ4n) is 0.505. The molecule has 8 heavy (non-hydrogen) atoms. The quantitative estimate of drug-likeness (QED) is 0.477. The monoisotopic (exact) mass is 119 g/mol. The molecule has 0 aromatic rings. The molecule has 0 spiro atoms. The molecule has 0 radical (unpaired) electrons. The molecule has 0 aromatic heterocycles. The van der Waals surface area contributed by atoms with Crippen molar-refractivity contribution in [3.63, 3.8) is 0 Å². The summed E-state index contributed by atoms with van der Waals surface area (Å²) in [6.45, 7) is 4.04. The van der Waals surface area contributed by atoms with Crippen molar-refractivity contribution in [1.82, 2.24) is 0 Å². The lowest BCUT2D eigenvalue weighted by Gasteiger charge is -2.08. The van der Waals surface area contributed by atoms with Crippen molar-refractivity contribution in [2.75, 3.05) is 19.7 Å². The summed E-state index contributed by atoms with van der Waals surface area (Å²) in [5, 5.41) is 0. The van der Waals surface area contributed by atoms with E-state index in [1.807, 2.05) is 6.92 Å². The van der Waals surface area contributed by atoms with Crippen LogP contribution in [0, 0.1) is 0 Å². The van der Waals surface area contributed by atoms with Gasteiger partial charge in [0.15, 0.2) is 0 Å². The van der Waals surface area contributed by atoms with Crippen LogP contribution in [0.3, 0.4) is 0 Å². The van der Waals surface area contributed by atoms with E-state index in [0.717, 1.165) is 13.2 Å². The summed E-state index contributed by atoms with van der Waals surface area (Å²) in [4.78, 5) is 0. The van der Waals surface area contributed by atoms with Crippen LogP contribution in [-0.4, -0.2) is 25.8 Å². The minimum atomic E-state index is 0.167. The summed E-state index contributed by atoms with van der Waals surface area (Å²) in [6, 6.07) is 0. The fourth-order valence-corrected chi connectivity index (χ4v) is 0.505.